The van der Waals surface area contributed by atoms with Crippen LogP contribution in [0.2, 0.25) is 0 Å². The Morgan fingerprint density at radius 3 is 2.45 bits per heavy atom. The van der Waals surface area contributed by atoms with Crippen LogP contribution in [0.25, 0.3) is 0 Å². The van der Waals surface area contributed by atoms with Crippen molar-refractivity contribution in [1.29, 1.82) is 0 Å². The van der Waals surface area contributed by atoms with E-state index in [1.54, 1.807) is 12.1 Å². The fourth-order valence-electron chi connectivity index (χ4n) is 1.89. The monoisotopic (exact) mass is 303 g/mol. The topological polar surface area (TPSA) is 75.6 Å². The zero-order valence-corrected chi connectivity index (χ0v) is 11.8. The zero-order valence-electron chi connectivity index (χ0n) is 11.8. The third-order valence-electron chi connectivity index (χ3n) is 3.08. The molecule has 5 nitrogen and oxygen atoms in total. The van der Waals surface area contributed by atoms with E-state index in [1.807, 2.05) is 0 Å². The van der Waals surface area contributed by atoms with E-state index in [0.29, 0.717) is 5.56 Å². The SMILES string of the molecule is COc1cccc(C(=O)NCc2ccc(C(=O)O)cc2)c1F. The number of carboxylic acids is 1. The maximum absolute atomic E-state index is 13.9. The number of carbonyl (C=O) groups is 2. The first kappa shape index (κ1) is 15.5. The number of aromatic carboxylic acids is 1. The van der Waals surface area contributed by atoms with Crippen LogP contribution in [0, 0.1) is 5.82 Å². The van der Waals surface area contributed by atoms with Gasteiger partial charge in [-0.1, -0.05) is 18.2 Å². The first-order valence-electron chi connectivity index (χ1n) is 6.46. The van der Waals surface area contributed by atoms with Crippen LogP contribution in [-0.4, -0.2) is 24.1 Å². The van der Waals surface area contributed by atoms with Gasteiger partial charge >= 0.3 is 5.97 Å². The van der Waals surface area contributed by atoms with Gasteiger partial charge in [0.2, 0.25) is 0 Å². The molecular formula is C16H14FNO4. The molecular weight excluding hydrogens is 289 g/mol. The number of rotatable bonds is 5. The molecule has 0 aliphatic rings. The van der Waals surface area contributed by atoms with Crippen LogP contribution in [0.3, 0.4) is 0 Å². The lowest BCUT2D eigenvalue weighted by Gasteiger charge is -2.08. The largest absolute Gasteiger partial charge is 0.494 e. The maximum atomic E-state index is 13.9. The average Bonchev–Trinajstić information content (AvgIpc) is 2.53. The highest BCUT2D eigenvalue weighted by atomic mass is 19.1. The van der Waals surface area contributed by atoms with Crippen LogP contribution < -0.4 is 10.1 Å². The van der Waals surface area contributed by atoms with Crippen LogP contribution in [-0.2, 0) is 6.54 Å². The summed E-state index contributed by atoms with van der Waals surface area (Å²) >= 11 is 0. The minimum Gasteiger partial charge on any atom is -0.494 e. The summed E-state index contributed by atoms with van der Waals surface area (Å²) in [5.74, 6) is -2.31. The third-order valence-corrected chi connectivity index (χ3v) is 3.08. The summed E-state index contributed by atoms with van der Waals surface area (Å²) in [5, 5.41) is 11.4. The summed E-state index contributed by atoms with van der Waals surface area (Å²) in [7, 11) is 1.32. The second-order valence-electron chi connectivity index (χ2n) is 4.51. The summed E-state index contributed by atoms with van der Waals surface area (Å²) in [4.78, 5) is 22.7. The zero-order chi connectivity index (χ0) is 16.1. The predicted octanol–water partition coefficient (Wildman–Crippen LogP) is 2.46. The number of methoxy groups -OCH3 is 1. The molecule has 2 N–H and O–H groups in total. The number of ether oxygens (including phenoxy) is 1. The number of hydrogen-bond donors (Lipinski definition) is 2. The summed E-state index contributed by atoms with van der Waals surface area (Å²) in [6.07, 6.45) is 0. The van der Waals surface area contributed by atoms with E-state index in [-0.39, 0.29) is 23.4 Å². The highest BCUT2D eigenvalue weighted by Gasteiger charge is 2.15. The smallest absolute Gasteiger partial charge is 0.335 e. The molecule has 0 aromatic heterocycles. The molecule has 2 aromatic rings. The Morgan fingerprint density at radius 2 is 1.86 bits per heavy atom. The highest BCUT2D eigenvalue weighted by molar-refractivity contribution is 5.94. The lowest BCUT2D eigenvalue weighted by molar-refractivity contribution is 0.0696. The van der Waals surface area contributed by atoms with E-state index in [4.69, 9.17) is 9.84 Å². The van der Waals surface area contributed by atoms with Crippen molar-refractivity contribution in [3.8, 4) is 5.75 Å². The Morgan fingerprint density at radius 1 is 1.18 bits per heavy atom. The van der Waals surface area contributed by atoms with Crippen molar-refractivity contribution < 1.29 is 23.8 Å². The van der Waals surface area contributed by atoms with Crippen molar-refractivity contribution in [2.24, 2.45) is 0 Å². The van der Waals surface area contributed by atoms with E-state index < -0.39 is 17.7 Å². The molecule has 0 unspecified atom stereocenters. The van der Waals surface area contributed by atoms with Gasteiger partial charge in [-0.3, -0.25) is 4.79 Å². The number of halogens is 1. The number of carboxylic acid groups (broad SMARTS) is 1. The van der Waals surface area contributed by atoms with Gasteiger partial charge in [-0.05, 0) is 29.8 Å². The quantitative estimate of drug-likeness (QED) is 0.889. The molecule has 22 heavy (non-hydrogen) atoms. The van der Waals surface area contributed by atoms with Crippen molar-refractivity contribution in [2.75, 3.05) is 7.11 Å². The Kier molecular flexibility index (Phi) is 4.73. The van der Waals surface area contributed by atoms with Crippen LogP contribution in [0.15, 0.2) is 42.5 Å². The van der Waals surface area contributed by atoms with Gasteiger partial charge in [0, 0.05) is 6.54 Å². The fraction of sp³-hybridized carbons (Fsp3) is 0.125. The van der Waals surface area contributed by atoms with Gasteiger partial charge in [0.05, 0.1) is 18.2 Å². The van der Waals surface area contributed by atoms with Gasteiger partial charge < -0.3 is 15.2 Å². The second-order valence-corrected chi connectivity index (χ2v) is 4.51. The minimum absolute atomic E-state index is 0.00142. The first-order chi connectivity index (χ1) is 10.5. The third kappa shape index (κ3) is 3.41. The number of nitrogens with one attached hydrogen (secondary N) is 1. The van der Waals surface area contributed by atoms with E-state index in [0.717, 1.165) is 0 Å². The minimum atomic E-state index is -1.02. The summed E-state index contributed by atoms with van der Waals surface area (Å²) < 4.78 is 18.8. The van der Waals surface area contributed by atoms with Gasteiger partial charge in [-0.2, -0.15) is 0 Å². The number of carbonyl (C=O) groups excluding carboxylic acids is 1. The highest BCUT2D eigenvalue weighted by Crippen LogP contribution is 2.19. The van der Waals surface area contributed by atoms with Crippen LogP contribution in [0.4, 0.5) is 4.39 Å². The summed E-state index contributed by atoms with van der Waals surface area (Å²) in [6.45, 7) is 0.162. The number of benzene rings is 2. The van der Waals surface area contributed by atoms with Crippen molar-refractivity contribution in [3.05, 3.63) is 65.0 Å². The molecule has 0 fully saturated rings. The van der Waals surface area contributed by atoms with Crippen molar-refractivity contribution in [1.82, 2.24) is 5.32 Å². The summed E-state index contributed by atoms with van der Waals surface area (Å²) in [6, 6.07) is 10.4. The Balaban J connectivity index is 2.05. The van der Waals surface area contributed by atoms with Crippen LogP contribution in [0.5, 0.6) is 5.75 Å². The molecule has 6 heteroatoms. The van der Waals surface area contributed by atoms with Crippen LogP contribution >= 0.6 is 0 Å². The molecule has 0 atom stereocenters. The van der Waals surface area contributed by atoms with Crippen LogP contribution in [0.1, 0.15) is 26.3 Å². The van der Waals surface area contributed by atoms with E-state index in [9.17, 15) is 14.0 Å². The molecule has 0 aliphatic carbocycles. The van der Waals surface area contributed by atoms with Gasteiger partial charge in [-0.25, -0.2) is 9.18 Å². The van der Waals surface area contributed by atoms with Gasteiger partial charge in [0.15, 0.2) is 11.6 Å². The maximum Gasteiger partial charge on any atom is 0.335 e. The molecule has 0 heterocycles. The molecule has 0 saturated carbocycles. The Labute approximate surface area is 126 Å². The lowest BCUT2D eigenvalue weighted by atomic mass is 10.1. The average molecular weight is 303 g/mol. The second kappa shape index (κ2) is 6.71. The molecule has 114 valence electrons. The molecule has 1 amide bonds. The van der Waals surface area contributed by atoms with E-state index in [1.165, 1.54) is 37.4 Å². The van der Waals surface area contributed by atoms with E-state index >= 15 is 0 Å². The number of hydrogen-bond acceptors (Lipinski definition) is 3. The Hall–Kier alpha value is -2.89. The molecule has 0 radical (unpaired) electrons. The molecule has 0 spiro atoms. The number of amides is 1. The predicted molar refractivity (Wildman–Crippen MR) is 77.5 cm³/mol. The summed E-state index contributed by atoms with van der Waals surface area (Å²) in [5.41, 5.74) is 0.761. The Bertz CT molecular complexity index is 698. The molecule has 0 saturated heterocycles. The standard InChI is InChI=1S/C16H14FNO4/c1-22-13-4-2-3-12(14(13)17)15(19)18-9-10-5-7-11(8-6-10)16(20)21/h2-8H,9H2,1H3,(H,18,19)(H,20,21). The molecule has 2 aromatic carbocycles. The van der Waals surface area contributed by atoms with Gasteiger partial charge in [-0.15, -0.1) is 0 Å². The molecule has 2 rings (SSSR count). The van der Waals surface area contributed by atoms with Crippen molar-refractivity contribution in [2.45, 2.75) is 6.54 Å². The molecule has 0 aliphatic heterocycles. The molecule has 0 bridgehead atoms. The van der Waals surface area contributed by atoms with Gasteiger partial charge in [0.1, 0.15) is 0 Å². The lowest BCUT2D eigenvalue weighted by Crippen LogP contribution is -2.24. The van der Waals surface area contributed by atoms with Crippen molar-refractivity contribution >= 4 is 11.9 Å². The first-order valence-corrected chi connectivity index (χ1v) is 6.46. The van der Waals surface area contributed by atoms with Crippen molar-refractivity contribution in [3.63, 3.8) is 0 Å². The normalized spacial score (nSPS) is 10.1. The van der Waals surface area contributed by atoms with Gasteiger partial charge in [0.25, 0.3) is 5.91 Å². The fourth-order valence-corrected chi connectivity index (χ4v) is 1.89. The van der Waals surface area contributed by atoms with E-state index in [2.05, 4.69) is 5.32 Å².